The molecule has 0 saturated heterocycles. The molecular formula is C24H30N2O2S. The molecule has 2 aromatic rings. The van der Waals surface area contributed by atoms with Gasteiger partial charge < -0.3 is 10.6 Å². The molecule has 4 nitrogen and oxygen atoms in total. The standard InChI is InChI=1S/C24H30N2O2S/c1-17(2)22(29-16-18-8-4-3-5-9-18)24(28)25-15-19-10-6-13-21(14-19)26-23(27)20-11-7-12-20/h3-6,8-10,13-14,17,20,22H,7,11-12,15-16H2,1-2H3,(H,25,28)(H,26,27). The lowest BCUT2D eigenvalue weighted by Crippen LogP contribution is -2.35. The van der Waals surface area contributed by atoms with E-state index in [0.29, 0.717) is 6.54 Å². The fourth-order valence-electron chi connectivity index (χ4n) is 3.29. The number of nitrogens with one attached hydrogen (secondary N) is 2. The van der Waals surface area contributed by atoms with Crippen molar-refractivity contribution in [1.82, 2.24) is 5.32 Å². The largest absolute Gasteiger partial charge is 0.351 e. The van der Waals surface area contributed by atoms with Crippen LogP contribution in [0, 0.1) is 11.8 Å². The van der Waals surface area contributed by atoms with E-state index in [1.165, 1.54) is 5.56 Å². The smallest absolute Gasteiger partial charge is 0.233 e. The Bertz CT molecular complexity index is 819. The van der Waals surface area contributed by atoms with Crippen molar-refractivity contribution in [1.29, 1.82) is 0 Å². The molecule has 2 amide bonds. The van der Waals surface area contributed by atoms with E-state index in [-0.39, 0.29) is 28.9 Å². The lowest BCUT2D eigenvalue weighted by Gasteiger charge is -2.24. The van der Waals surface area contributed by atoms with Gasteiger partial charge >= 0.3 is 0 Å². The Morgan fingerprint density at radius 3 is 2.41 bits per heavy atom. The minimum Gasteiger partial charge on any atom is -0.351 e. The van der Waals surface area contributed by atoms with Crippen LogP contribution < -0.4 is 10.6 Å². The molecule has 0 aromatic heterocycles. The molecule has 0 radical (unpaired) electrons. The Kier molecular flexibility index (Phi) is 7.76. The van der Waals surface area contributed by atoms with E-state index >= 15 is 0 Å². The van der Waals surface area contributed by atoms with Crippen molar-refractivity contribution >= 4 is 29.3 Å². The monoisotopic (exact) mass is 410 g/mol. The highest BCUT2D eigenvalue weighted by Gasteiger charge is 2.25. The Hall–Kier alpha value is -2.27. The number of rotatable bonds is 9. The minimum atomic E-state index is -0.100. The van der Waals surface area contributed by atoms with E-state index in [9.17, 15) is 9.59 Å². The molecule has 1 aliphatic rings. The maximum Gasteiger partial charge on any atom is 0.233 e. The van der Waals surface area contributed by atoms with Crippen molar-refractivity contribution in [2.45, 2.75) is 50.7 Å². The molecule has 0 bridgehead atoms. The lowest BCUT2D eigenvalue weighted by molar-refractivity contribution is -0.122. The molecule has 1 saturated carbocycles. The topological polar surface area (TPSA) is 58.2 Å². The number of hydrogen-bond acceptors (Lipinski definition) is 3. The molecule has 154 valence electrons. The normalized spacial score (nSPS) is 14.9. The Labute approximate surface area is 177 Å². The van der Waals surface area contributed by atoms with Gasteiger partial charge in [-0.3, -0.25) is 9.59 Å². The number of amides is 2. The first-order chi connectivity index (χ1) is 14.0. The van der Waals surface area contributed by atoms with Gasteiger partial charge in [-0.15, -0.1) is 11.8 Å². The van der Waals surface area contributed by atoms with E-state index in [2.05, 4.69) is 36.6 Å². The molecule has 0 heterocycles. The van der Waals surface area contributed by atoms with Gasteiger partial charge in [0.05, 0.1) is 5.25 Å². The third-order valence-electron chi connectivity index (χ3n) is 5.27. The maximum atomic E-state index is 12.8. The zero-order chi connectivity index (χ0) is 20.6. The van der Waals surface area contributed by atoms with Gasteiger partial charge in [-0.05, 0) is 42.0 Å². The molecule has 1 unspecified atom stereocenters. The molecule has 1 fully saturated rings. The predicted octanol–water partition coefficient (Wildman–Crippen LogP) is 5.00. The van der Waals surface area contributed by atoms with Gasteiger partial charge in [-0.1, -0.05) is 62.7 Å². The molecule has 0 aliphatic heterocycles. The van der Waals surface area contributed by atoms with E-state index in [0.717, 1.165) is 36.3 Å². The van der Waals surface area contributed by atoms with Crippen LogP contribution in [-0.4, -0.2) is 17.1 Å². The summed E-state index contributed by atoms with van der Waals surface area (Å²) in [5.74, 6) is 1.39. The van der Waals surface area contributed by atoms with Gasteiger partial charge in [0, 0.05) is 23.9 Å². The first kappa shape index (κ1) is 21.4. The van der Waals surface area contributed by atoms with Crippen molar-refractivity contribution in [2.24, 2.45) is 11.8 Å². The highest BCUT2D eigenvalue weighted by atomic mass is 32.2. The molecule has 0 spiro atoms. The molecule has 5 heteroatoms. The van der Waals surface area contributed by atoms with Crippen molar-refractivity contribution in [3.63, 3.8) is 0 Å². The fourth-order valence-corrected chi connectivity index (χ4v) is 4.48. The summed E-state index contributed by atoms with van der Waals surface area (Å²) in [4.78, 5) is 24.9. The Balaban J connectivity index is 1.52. The van der Waals surface area contributed by atoms with Crippen LogP contribution in [0.3, 0.4) is 0 Å². The molecule has 1 aliphatic carbocycles. The summed E-state index contributed by atoms with van der Waals surface area (Å²) < 4.78 is 0. The average molecular weight is 411 g/mol. The quantitative estimate of drug-likeness (QED) is 0.612. The molecule has 1 atom stereocenters. The van der Waals surface area contributed by atoms with Crippen molar-refractivity contribution in [3.8, 4) is 0 Å². The highest BCUT2D eigenvalue weighted by molar-refractivity contribution is 7.99. The van der Waals surface area contributed by atoms with Gasteiger partial charge in [-0.25, -0.2) is 0 Å². The summed E-state index contributed by atoms with van der Waals surface area (Å²) in [6.07, 6.45) is 3.11. The first-order valence-electron chi connectivity index (χ1n) is 10.4. The molecule has 29 heavy (non-hydrogen) atoms. The van der Waals surface area contributed by atoms with Gasteiger partial charge in [0.1, 0.15) is 0 Å². The van der Waals surface area contributed by atoms with E-state index in [1.807, 2.05) is 42.5 Å². The summed E-state index contributed by atoms with van der Waals surface area (Å²) in [7, 11) is 0. The second kappa shape index (κ2) is 10.5. The van der Waals surface area contributed by atoms with Gasteiger partial charge in [0.2, 0.25) is 11.8 Å². The number of benzene rings is 2. The van der Waals surface area contributed by atoms with E-state index in [4.69, 9.17) is 0 Å². The van der Waals surface area contributed by atoms with Gasteiger partial charge in [0.15, 0.2) is 0 Å². The van der Waals surface area contributed by atoms with Crippen LogP contribution in [0.4, 0.5) is 5.69 Å². The second-order valence-corrected chi connectivity index (χ2v) is 9.13. The third-order valence-corrected chi connectivity index (χ3v) is 6.89. The predicted molar refractivity (Wildman–Crippen MR) is 121 cm³/mol. The van der Waals surface area contributed by atoms with Gasteiger partial charge in [-0.2, -0.15) is 0 Å². The fraction of sp³-hybridized carbons (Fsp3) is 0.417. The van der Waals surface area contributed by atoms with Crippen LogP contribution in [0.25, 0.3) is 0 Å². The van der Waals surface area contributed by atoms with Crippen LogP contribution in [-0.2, 0) is 21.9 Å². The zero-order valence-electron chi connectivity index (χ0n) is 17.2. The second-order valence-electron chi connectivity index (χ2n) is 8.00. The Morgan fingerprint density at radius 2 is 1.76 bits per heavy atom. The number of hydrogen-bond donors (Lipinski definition) is 2. The Morgan fingerprint density at radius 1 is 1.03 bits per heavy atom. The number of carbonyl (C=O) groups excluding carboxylic acids is 2. The van der Waals surface area contributed by atoms with Crippen molar-refractivity contribution < 1.29 is 9.59 Å². The minimum absolute atomic E-state index is 0.0600. The van der Waals surface area contributed by atoms with E-state index < -0.39 is 0 Å². The van der Waals surface area contributed by atoms with E-state index in [1.54, 1.807) is 11.8 Å². The number of carbonyl (C=O) groups is 2. The van der Waals surface area contributed by atoms with Gasteiger partial charge in [0.25, 0.3) is 0 Å². The molecule has 2 N–H and O–H groups in total. The lowest BCUT2D eigenvalue weighted by atomic mass is 9.85. The van der Waals surface area contributed by atoms with Crippen LogP contribution in [0.5, 0.6) is 0 Å². The highest BCUT2D eigenvalue weighted by Crippen LogP contribution is 2.28. The van der Waals surface area contributed by atoms with Crippen molar-refractivity contribution in [3.05, 3.63) is 65.7 Å². The number of anilines is 1. The molecule has 2 aromatic carbocycles. The van der Waals surface area contributed by atoms with Crippen LogP contribution in [0.2, 0.25) is 0 Å². The SMILES string of the molecule is CC(C)C(SCc1ccccc1)C(=O)NCc1cccc(NC(=O)C2CCC2)c1. The number of thioether (sulfide) groups is 1. The summed E-state index contributed by atoms with van der Waals surface area (Å²) in [5.41, 5.74) is 3.01. The van der Waals surface area contributed by atoms with Crippen LogP contribution >= 0.6 is 11.8 Å². The van der Waals surface area contributed by atoms with Crippen LogP contribution in [0.15, 0.2) is 54.6 Å². The summed E-state index contributed by atoms with van der Waals surface area (Å²) in [6, 6.07) is 18.0. The molecular weight excluding hydrogens is 380 g/mol. The first-order valence-corrected chi connectivity index (χ1v) is 11.4. The summed E-state index contributed by atoms with van der Waals surface area (Å²) in [5, 5.41) is 5.97. The molecule has 3 rings (SSSR count). The zero-order valence-corrected chi connectivity index (χ0v) is 18.0. The maximum absolute atomic E-state index is 12.8. The summed E-state index contributed by atoms with van der Waals surface area (Å²) >= 11 is 1.68. The third kappa shape index (κ3) is 6.36. The average Bonchev–Trinajstić information content (AvgIpc) is 2.66. The van der Waals surface area contributed by atoms with Crippen LogP contribution in [0.1, 0.15) is 44.2 Å². The van der Waals surface area contributed by atoms with Crippen molar-refractivity contribution in [2.75, 3.05) is 5.32 Å². The summed E-state index contributed by atoms with van der Waals surface area (Å²) in [6.45, 7) is 4.62.